The van der Waals surface area contributed by atoms with Crippen LogP contribution >= 0.6 is 0 Å². The summed E-state index contributed by atoms with van der Waals surface area (Å²) < 4.78 is 10.7. The zero-order chi connectivity index (χ0) is 23.5. The summed E-state index contributed by atoms with van der Waals surface area (Å²) in [4.78, 5) is 35.7. The molecule has 0 bridgehead atoms. The minimum absolute atomic E-state index is 0.182. The van der Waals surface area contributed by atoms with Crippen molar-refractivity contribution < 1.29 is 23.9 Å². The molecule has 3 amide bonds. The minimum atomic E-state index is -0.892. The Labute approximate surface area is 190 Å². The van der Waals surface area contributed by atoms with Gasteiger partial charge < -0.3 is 20.1 Å². The Bertz CT molecular complexity index is 1130. The molecule has 3 aromatic rings. The Morgan fingerprint density at radius 1 is 0.848 bits per heavy atom. The van der Waals surface area contributed by atoms with Gasteiger partial charge in [-0.2, -0.15) is 5.10 Å². The fourth-order valence-electron chi connectivity index (χ4n) is 2.66. The highest BCUT2D eigenvalue weighted by Crippen LogP contribution is 2.22. The van der Waals surface area contributed by atoms with Crippen LogP contribution in [0.2, 0.25) is 0 Å². The Kier molecular flexibility index (Phi) is 8.13. The first-order valence-electron chi connectivity index (χ1n) is 9.90. The van der Waals surface area contributed by atoms with Crippen molar-refractivity contribution in [1.29, 1.82) is 0 Å². The second kappa shape index (κ2) is 11.7. The zero-order valence-electron chi connectivity index (χ0n) is 17.8. The first-order valence-corrected chi connectivity index (χ1v) is 9.90. The Hall–Kier alpha value is -4.66. The maximum Gasteiger partial charge on any atom is 0.329 e. The van der Waals surface area contributed by atoms with Crippen LogP contribution in [0.3, 0.4) is 0 Å². The maximum atomic E-state index is 12.1. The molecule has 33 heavy (non-hydrogen) atoms. The highest BCUT2D eigenvalue weighted by molar-refractivity contribution is 6.39. The number of amides is 3. The van der Waals surface area contributed by atoms with Crippen LogP contribution in [0.25, 0.3) is 0 Å². The van der Waals surface area contributed by atoms with E-state index in [1.807, 2.05) is 0 Å². The second-order valence-electron chi connectivity index (χ2n) is 6.63. The molecule has 168 valence electrons. The molecular weight excluding hydrogens is 424 g/mol. The zero-order valence-corrected chi connectivity index (χ0v) is 17.8. The average Bonchev–Trinajstić information content (AvgIpc) is 2.84. The van der Waals surface area contributed by atoms with E-state index in [4.69, 9.17) is 9.47 Å². The highest BCUT2D eigenvalue weighted by atomic mass is 16.5. The number of carbonyl (C=O) groups excluding carboxylic acids is 3. The lowest BCUT2D eigenvalue weighted by Gasteiger charge is -2.10. The number of carbonyl (C=O) groups is 3. The van der Waals surface area contributed by atoms with Crippen LogP contribution in [0.1, 0.15) is 5.56 Å². The van der Waals surface area contributed by atoms with Crippen molar-refractivity contribution in [1.82, 2.24) is 5.43 Å². The van der Waals surface area contributed by atoms with E-state index in [-0.39, 0.29) is 12.5 Å². The molecule has 9 nitrogen and oxygen atoms in total. The lowest BCUT2D eigenvalue weighted by molar-refractivity contribution is -0.136. The Balaban J connectivity index is 1.44. The van der Waals surface area contributed by atoms with Crippen molar-refractivity contribution in [2.24, 2.45) is 5.10 Å². The maximum absolute atomic E-state index is 12.1. The summed E-state index contributed by atoms with van der Waals surface area (Å²) in [7, 11) is 1.53. The molecule has 3 rings (SSSR count). The molecule has 0 atom stereocenters. The monoisotopic (exact) mass is 446 g/mol. The number of ether oxygens (including phenoxy) is 2. The van der Waals surface area contributed by atoms with Gasteiger partial charge in [-0.15, -0.1) is 0 Å². The van der Waals surface area contributed by atoms with E-state index in [2.05, 4.69) is 21.2 Å². The second-order valence-corrected chi connectivity index (χ2v) is 6.63. The lowest BCUT2D eigenvalue weighted by atomic mass is 10.2. The van der Waals surface area contributed by atoms with Crippen LogP contribution in [0, 0.1) is 0 Å². The molecule has 0 heterocycles. The van der Waals surface area contributed by atoms with Crippen molar-refractivity contribution in [3.05, 3.63) is 84.4 Å². The third kappa shape index (κ3) is 7.21. The van der Waals surface area contributed by atoms with Gasteiger partial charge in [-0.1, -0.05) is 30.3 Å². The van der Waals surface area contributed by atoms with Gasteiger partial charge in [-0.05, 0) is 54.1 Å². The predicted molar refractivity (Wildman–Crippen MR) is 124 cm³/mol. The van der Waals surface area contributed by atoms with E-state index in [0.29, 0.717) is 28.4 Å². The van der Waals surface area contributed by atoms with E-state index in [9.17, 15) is 14.4 Å². The number of nitrogens with one attached hydrogen (secondary N) is 3. The lowest BCUT2D eigenvalue weighted by Crippen LogP contribution is -2.32. The van der Waals surface area contributed by atoms with Crippen molar-refractivity contribution in [3.63, 3.8) is 0 Å². The van der Waals surface area contributed by atoms with Crippen molar-refractivity contribution >= 4 is 35.3 Å². The molecule has 0 saturated carbocycles. The van der Waals surface area contributed by atoms with Crippen LogP contribution in [0.15, 0.2) is 84.0 Å². The molecule has 0 aliphatic rings. The van der Waals surface area contributed by atoms with Gasteiger partial charge >= 0.3 is 11.8 Å². The summed E-state index contributed by atoms with van der Waals surface area (Å²) in [5, 5.41) is 8.95. The fourth-order valence-corrected chi connectivity index (χ4v) is 2.66. The third-order valence-corrected chi connectivity index (χ3v) is 4.25. The summed E-state index contributed by atoms with van der Waals surface area (Å²) in [6.45, 7) is -0.182. The molecule has 0 radical (unpaired) electrons. The molecule has 0 aliphatic carbocycles. The Morgan fingerprint density at radius 3 is 2.27 bits per heavy atom. The van der Waals surface area contributed by atoms with Gasteiger partial charge in [-0.3, -0.25) is 14.4 Å². The number of methoxy groups -OCH3 is 1. The van der Waals surface area contributed by atoms with Crippen LogP contribution < -0.4 is 25.5 Å². The van der Waals surface area contributed by atoms with Gasteiger partial charge in [0.1, 0.15) is 11.5 Å². The van der Waals surface area contributed by atoms with E-state index in [1.165, 1.54) is 13.3 Å². The van der Waals surface area contributed by atoms with Crippen LogP contribution in [0.4, 0.5) is 11.4 Å². The van der Waals surface area contributed by atoms with Crippen molar-refractivity contribution in [2.45, 2.75) is 0 Å². The smallest absolute Gasteiger partial charge is 0.329 e. The number of hydrazone groups is 1. The van der Waals surface area contributed by atoms with Gasteiger partial charge in [0, 0.05) is 5.69 Å². The normalized spacial score (nSPS) is 10.3. The van der Waals surface area contributed by atoms with Crippen molar-refractivity contribution in [2.75, 3.05) is 24.4 Å². The number of benzene rings is 3. The number of hydrogen-bond donors (Lipinski definition) is 3. The number of hydrogen-bond acceptors (Lipinski definition) is 6. The average molecular weight is 446 g/mol. The fraction of sp³-hybridized carbons (Fsp3) is 0.0833. The molecule has 9 heteroatoms. The van der Waals surface area contributed by atoms with E-state index in [0.717, 1.165) is 0 Å². The molecular formula is C24H22N4O5. The van der Waals surface area contributed by atoms with E-state index >= 15 is 0 Å². The first-order chi connectivity index (χ1) is 16.0. The number of nitrogens with zero attached hydrogens (tertiary/aromatic N) is 1. The largest absolute Gasteiger partial charge is 0.495 e. The molecule has 0 fully saturated rings. The van der Waals surface area contributed by atoms with Crippen molar-refractivity contribution in [3.8, 4) is 11.5 Å². The van der Waals surface area contributed by atoms with Crippen LogP contribution in [0.5, 0.6) is 11.5 Å². The predicted octanol–water partition coefficient (Wildman–Crippen LogP) is 2.80. The standard InChI is InChI=1S/C24H22N4O5/c1-32-21-10-6-5-9-20(21)27-22(29)16-33-19-13-11-17(12-14-19)15-25-28-24(31)23(30)26-18-7-3-2-4-8-18/h2-15H,16H2,1H3,(H,26,30)(H,27,29)(H,28,31)/b25-15-. The van der Waals surface area contributed by atoms with Gasteiger partial charge in [0.25, 0.3) is 5.91 Å². The first kappa shape index (κ1) is 23.0. The molecule has 3 aromatic carbocycles. The number of rotatable bonds is 8. The number of para-hydroxylation sites is 3. The van der Waals surface area contributed by atoms with E-state index < -0.39 is 11.8 Å². The number of anilines is 2. The SMILES string of the molecule is COc1ccccc1NC(=O)COc1ccc(/C=N\NC(=O)C(=O)Nc2ccccc2)cc1. The summed E-state index contributed by atoms with van der Waals surface area (Å²) in [6.07, 6.45) is 1.38. The molecule has 0 saturated heterocycles. The minimum Gasteiger partial charge on any atom is -0.495 e. The molecule has 0 aromatic heterocycles. The van der Waals surface area contributed by atoms with Gasteiger partial charge in [-0.25, -0.2) is 5.43 Å². The van der Waals surface area contributed by atoms with E-state index in [1.54, 1.807) is 78.9 Å². The molecule has 0 spiro atoms. The summed E-state index contributed by atoms with van der Waals surface area (Å²) in [5.74, 6) is -1.01. The van der Waals surface area contributed by atoms with Gasteiger partial charge in [0.05, 0.1) is 19.0 Å². The summed E-state index contributed by atoms with van der Waals surface area (Å²) in [5.41, 5.74) is 3.88. The molecule has 0 aliphatic heterocycles. The summed E-state index contributed by atoms with van der Waals surface area (Å²) in [6, 6.07) is 22.4. The molecule has 3 N–H and O–H groups in total. The summed E-state index contributed by atoms with van der Waals surface area (Å²) >= 11 is 0. The highest BCUT2D eigenvalue weighted by Gasteiger charge is 2.12. The van der Waals surface area contributed by atoms with Gasteiger partial charge in [0.15, 0.2) is 6.61 Å². The quantitative estimate of drug-likeness (QED) is 0.279. The Morgan fingerprint density at radius 2 is 1.55 bits per heavy atom. The third-order valence-electron chi connectivity index (χ3n) is 4.25. The molecule has 0 unspecified atom stereocenters. The van der Waals surface area contributed by atoms with Gasteiger partial charge in [0.2, 0.25) is 0 Å². The van der Waals surface area contributed by atoms with Crippen LogP contribution in [-0.2, 0) is 14.4 Å². The van der Waals surface area contributed by atoms with Crippen LogP contribution in [-0.4, -0.2) is 37.7 Å². The topological polar surface area (TPSA) is 118 Å².